The van der Waals surface area contributed by atoms with E-state index < -0.39 is 12.1 Å². The molecule has 0 aliphatic heterocycles. The number of hydrogen-bond donors (Lipinski definition) is 3. The van der Waals surface area contributed by atoms with E-state index in [4.69, 9.17) is 4.74 Å². The number of esters is 1. The number of rotatable bonds is 58. The van der Waals surface area contributed by atoms with Crippen LogP contribution in [-0.2, 0) is 14.3 Å². The number of aliphatic hydroxyl groups is 2. The van der Waals surface area contributed by atoms with Gasteiger partial charge in [-0.3, -0.25) is 9.59 Å². The Morgan fingerprint density at radius 3 is 1.10 bits per heavy atom. The first kappa shape index (κ1) is 68.1. The summed E-state index contributed by atoms with van der Waals surface area (Å²) in [6.45, 7) is 4.95. The summed E-state index contributed by atoms with van der Waals surface area (Å²) in [6, 6.07) is -0.549. The number of unbranched alkanes of at least 4 members (excludes halogenated alkanes) is 41. The predicted molar refractivity (Wildman–Crippen MR) is 306 cm³/mol. The van der Waals surface area contributed by atoms with Crippen LogP contribution < -0.4 is 5.32 Å². The van der Waals surface area contributed by atoms with Gasteiger partial charge in [-0.1, -0.05) is 275 Å². The quantitative estimate of drug-likeness (QED) is 0.0321. The van der Waals surface area contributed by atoms with Gasteiger partial charge in [-0.05, 0) is 83.5 Å². The van der Waals surface area contributed by atoms with Crippen molar-refractivity contribution in [2.45, 2.75) is 347 Å². The number of carbonyl (C=O) groups excluding carboxylic acids is 2. The highest BCUT2D eigenvalue weighted by atomic mass is 16.5. The Kier molecular flexibility index (Phi) is 58.0. The van der Waals surface area contributed by atoms with E-state index in [2.05, 4.69) is 55.6 Å². The van der Waals surface area contributed by atoms with E-state index in [1.54, 1.807) is 0 Å². The molecule has 0 aliphatic carbocycles. The fourth-order valence-corrected chi connectivity index (χ4v) is 9.61. The SMILES string of the molecule is CCCCCCCCC/C=C\CCCCCCCC(=O)OCCCCCCCCCCC/C=C\C/C=C\CCCCCCCCCC(=O)NC(CO)C(O)CCCCCCCCCCCCCCCC. The molecule has 0 heterocycles. The smallest absolute Gasteiger partial charge is 0.305 e. The van der Waals surface area contributed by atoms with Crippen molar-refractivity contribution in [1.29, 1.82) is 0 Å². The van der Waals surface area contributed by atoms with Gasteiger partial charge >= 0.3 is 5.97 Å². The molecule has 0 radical (unpaired) electrons. The van der Waals surface area contributed by atoms with Crippen molar-refractivity contribution < 1.29 is 24.5 Å². The lowest BCUT2D eigenvalue weighted by molar-refractivity contribution is -0.143. The van der Waals surface area contributed by atoms with E-state index in [1.165, 1.54) is 244 Å². The van der Waals surface area contributed by atoms with Crippen LogP contribution in [0.4, 0.5) is 0 Å². The molecule has 0 aromatic carbocycles. The summed E-state index contributed by atoms with van der Waals surface area (Å²) in [4.78, 5) is 24.5. The summed E-state index contributed by atoms with van der Waals surface area (Å²) in [5.74, 6) is -0.0449. The van der Waals surface area contributed by atoms with Gasteiger partial charge in [0.2, 0.25) is 5.91 Å². The van der Waals surface area contributed by atoms with Crippen LogP contribution in [0.15, 0.2) is 36.5 Å². The molecular formula is C64H121NO5. The Morgan fingerprint density at radius 1 is 0.400 bits per heavy atom. The minimum Gasteiger partial charge on any atom is -0.466 e. The number of hydrogen-bond acceptors (Lipinski definition) is 5. The second-order valence-corrected chi connectivity index (χ2v) is 21.4. The zero-order valence-electron chi connectivity index (χ0n) is 47.0. The average Bonchev–Trinajstić information content (AvgIpc) is 3.36. The molecule has 412 valence electrons. The van der Waals surface area contributed by atoms with Crippen LogP contribution >= 0.6 is 0 Å². The first-order valence-corrected chi connectivity index (χ1v) is 31.2. The molecule has 0 saturated carbocycles. The third-order valence-corrected chi connectivity index (χ3v) is 14.4. The first-order valence-electron chi connectivity index (χ1n) is 31.2. The molecule has 70 heavy (non-hydrogen) atoms. The Balaban J connectivity index is 3.44. The fraction of sp³-hybridized carbons (Fsp3) is 0.875. The van der Waals surface area contributed by atoms with Crippen molar-refractivity contribution in [1.82, 2.24) is 5.32 Å². The van der Waals surface area contributed by atoms with E-state index in [9.17, 15) is 19.8 Å². The summed E-state index contributed by atoms with van der Waals surface area (Å²) < 4.78 is 5.48. The Bertz CT molecular complexity index is 1130. The van der Waals surface area contributed by atoms with Gasteiger partial charge in [-0.25, -0.2) is 0 Å². The number of allylic oxidation sites excluding steroid dienone is 6. The normalized spacial score (nSPS) is 12.8. The van der Waals surface area contributed by atoms with Crippen LogP contribution in [0.3, 0.4) is 0 Å². The molecule has 0 spiro atoms. The lowest BCUT2D eigenvalue weighted by atomic mass is 10.0. The third kappa shape index (κ3) is 55.4. The zero-order chi connectivity index (χ0) is 50.7. The van der Waals surface area contributed by atoms with Gasteiger partial charge < -0.3 is 20.3 Å². The van der Waals surface area contributed by atoms with Gasteiger partial charge in [0.15, 0.2) is 0 Å². The Morgan fingerprint density at radius 2 is 0.714 bits per heavy atom. The van der Waals surface area contributed by atoms with Gasteiger partial charge in [0.1, 0.15) is 0 Å². The summed E-state index contributed by atoms with van der Waals surface area (Å²) in [5, 5.41) is 23.3. The first-order chi connectivity index (χ1) is 34.5. The lowest BCUT2D eigenvalue weighted by Gasteiger charge is -2.22. The molecule has 2 atom stereocenters. The largest absolute Gasteiger partial charge is 0.466 e. The fourth-order valence-electron chi connectivity index (χ4n) is 9.61. The van der Waals surface area contributed by atoms with E-state index in [0.29, 0.717) is 25.9 Å². The van der Waals surface area contributed by atoms with Crippen molar-refractivity contribution in [2.24, 2.45) is 0 Å². The van der Waals surface area contributed by atoms with Gasteiger partial charge in [0, 0.05) is 12.8 Å². The molecule has 0 rings (SSSR count). The Labute approximate surface area is 436 Å². The molecule has 6 nitrogen and oxygen atoms in total. The monoisotopic (exact) mass is 984 g/mol. The third-order valence-electron chi connectivity index (χ3n) is 14.4. The standard InChI is InChI=1S/C64H121NO5/c1-3-5-7-9-11-13-15-17-19-30-34-38-42-46-50-54-58-64(69)70-59-55-51-47-43-39-35-31-28-26-24-22-20-21-23-25-27-29-33-37-41-45-49-53-57-63(68)65-61(60-66)62(67)56-52-48-44-40-36-32-18-16-14-12-10-8-6-4-2/h19-20,22-23,25,30,61-62,66-67H,3-18,21,24,26-29,31-60H2,1-2H3,(H,65,68)/b22-20-,25-23-,30-19-. The Hall–Kier alpha value is -1.92. The lowest BCUT2D eigenvalue weighted by Crippen LogP contribution is -2.45. The second-order valence-electron chi connectivity index (χ2n) is 21.4. The summed E-state index contributed by atoms with van der Waals surface area (Å²) >= 11 is 0. The van der Waals surface area contributed by atoms with E-state index in [-0.39, 0.29) is 18.5 Å². The molecular weight excluding hydrogens is 863 g/mol. The van der Waals surface area contributed by atoms with Crippen LogP contribution in [0, 0.1) is 0 Å². The number of ether oxygens (including phenoxy) is 1. The van der Waals surface area contributed by atoms with E-state index in [1.807, 2.05) is 0 Å². The van der Waals surface area contributed by atoms with Crippen molar-refractivity contribution in [2.75, 3.05) is 13.2 Å². The highest BCUT2D eigenvalue weighted by Gasteiger charge is 2.20. The van der Waals surface area contributed by atoms with Gasteiger partial charge in [-0.15, -0.1) is 0 Å². The average molecular weight is 985 g/mol. The van der Waals surface area contributed by atoms with Crippen LogP contribution in [0.2, 0.25) is 0 Å². The molecule has 6 heteroatoms. The molecule has 1 amide bonds. The predicted octanol–water partition coefficient (Wildman–Crippen LogP) is 19.6. The summed E-state index contributed by atoms with van der Waals surface area (Å²) in [7, 11) is 0. The highest BCUT2D eigenvalue weighted by Crippen LogP contribution is 2.17. The van der Waals surface area contributed by atoms with Crippen LogP contribution in [0.5, 0.6) is 0 Å². The van der Waals surface area contributed by atoms with Gasteiger partial charge in [0.25, 0.3) is 0 Å². The van der Waals surface area contributed by atoms with Gasteiger partial charge in [-0.2, -0.15) is 0 Å². The topological polar surface area (TPSA) is 95.9 Å². The van der Waals surface area contributed by atoms with Crippen molar-refractivity contribution in [3.8, 4) is 0 Å². The highest BCUT2D eigenvalue weighted by molar-refractivity contribution is 5.76. The second kappa shape index (κ2) is 59.6. The molecule has 0 fully saturated rings. The molecule has 0 aliphatic rings. The number of carbonyl (C=O) groups is 2. The molecule has 0 saturated heterocycles. The van der Waals surface area contributed by atoms with Gasteiger partial charge in [0.05, 0.1) is 25.4 Å². The minimum atomic E-state index is -0.671. The maximum absolute atomic E-state index is 12.5. The molecule has 0 aromatic heterocycles. The number of aliphatic hydroxyl groups excluding tert-OH is 2. The van der Waals surface area contributed by atoms with Crippen molar-refractivity contribution in [3.05, 3.63) is 36.5 Å². The summed E-state index contributed by atoms with van der Waals surface area (Å²) in [5.41, 5.74) is 0. The maximum Gasteiger partial charge on any atom is 0.305 e. The molecule has 0 aromatic rings. The van der Waals surface area contributed by atoms with E-state index in [0.717, 1.165) is 57.8 Å². The minimum absolute atomic E-state index is 0.000248. The molecule has 3 N–H and O–H groups in total. The van der Waals surface area contributed by atoms with E-state index >= 15 is 0 Å². The summed E-state index contributed by atoms with van der Waals surface area (Å²) in [6.07, 6.45) is 74.4. The van der Waals surface area contributed by atoms with Crippen LogP contribution in [-0.4, -0.2) is 47.4 Å². The van der Waals surface area contributed by atoms with Crippen LogP contribution in [0.1, 0.15) is 335 Å². The number of amides is 1. The van der Waals surface area contributed by atoms with Crippen LogP contribution in [0.25, 0.3) is 0 Å². The van der Waals surface area contributed by atoms with Crippen molar-refractivity contribution >= 4 is 11.9 Å². The maximum atomic E-state index is 12.5. The zero-order valence-corrected chi connectivity index (χ0v) is 47.0. The number of nitrogens with one attached hydrogen (secondary N) is 1. The van der Waals surface area contributed by atoms with Crippen molar-refractivity contribution in [3.63, 3.8) is 0 Å². The molecule has 0 bridgehead atoms. The molecule has 2 unspecified atom stereocenters.